The smallest absolute Gasteiger partial charge is 0.125 e. The van der Waals surface area contributed by atoms with Gasteiger partial charge in [-0.05, 0) is 45.1 Å². The van der Waals surface area contributed by atoms with Gasteiger partial charge in [-0.2, -0.15) is 0 Å². The molecule has 0 aliphatic carbocycles. The fourth-order valence-electron chi connectivity index (χ4n) is 2.52. The fourth-order valence-corrected chi connectivity index (χ4v) is 2.52. The molecule has 1 aromatic rings. The summed E-state index contributed by atoms with van der Waals surface area (Å²) < 4.78 is 13.0. The van der Waals surface area contributed by atoms with E-state index in [4.69, 9.17) is 5.73 Å². The highest BCUT2D eigenvalue weighted by molar-refractivity contribution is 5.68. The Hall–Kier alpha value is -1.29. The molecule has 1 saturated heterocycles. The molecule has 0 radical (unpaired) electrons. The van der Waals surface area contributed by atoms with E-state index in [0.717, 1.165) is 31.7 Å². The van der Waals surface area contributed by atoms with Gasteiger partial charge in [-0.25, -0.2) is 4.39 Å². The summed E-state index contributed by atoms with van der Waals surface area (Å²) in [7, 11) is 2.13. The van der Waals surface area contributed by atoms with Crippen LogP contribution in [0.5, 0.6) is 0 Å². The topological polar surface area (TPSA) is 32.5 Å². The van der Waals surface area contributed by atoms with Crippen molar-refractivity contribution >= 4 is 11.4 Å². The van der Waals surface area contributed by atoms with Crippen molar-refractivity contribution in [3.8, 4) is 0 Å². The summed E-state index contributed by atoms with van der Waals surface area (Å²) in [6.07, 6.45) is 1.11. The Morgan fingerprint density at radius 1 is 1.35 bits per heavy atom. The van der Waals surface area contributed by atoms with Crippen molar-refractivity contribution in [3.63, 3.8) is 0 Å². The molecule has 1 aromatic carbocycles. The first kappa shape index (κ1) is 12.2. The van der Waals surface area contributed by atoms with E-state index in [9.17, 15) is 4.39 Å². The molecule has 0 saturated carbocycles. The van der Waals surface area contributed by atoms with E-state index in [1.807, 2.05) is 0 Å². The number of anilines is 2. The lowest BCUT2D eigenvalue weighted by molar-refractivity contribution is 0.337. The first-order valence-corrected chi connectivity index (χ1v) is 6.08. The second-order valence-corrected chi connectivity index (χ2v) is 4.86. The van der Waals surface area contributed by atoms with Crippen LogP contribution in [0.3, 0.4) is 0 Å². The average Bonchev–Trinajstić information content (AvgIpc) is 2.40. The zero-order chi connectivity index (χ0) is 12.4. The van der Waals surface area contributed by atoms with Crippen LogP contribution in [0.4, 0.5) is 15.8 Å². The lowest BCUT2D eigenvalue weighted by atomic mass is 10.2. The van der Waals surface area contributed by atoms with Crippen LogP contribution in [0.15, 0.2) is 18.2 Å². The summed E-state index contributed by atoms with van der Waals surface area (Å²) in [6.45, 7) is 5.27. The molecule has 17 heavy (non-hydrogen) atoms. The number of rotatable bonds is 1. The number of nitrogens with two attached hydrogens (primary N) is 1. The van der Waals surface area contributed by atoms with E-state index in [-0.39, 0.29) is 5.82 Å². The molecule has 2 N–H and O–H groups in total. The summed E-state index contributed by atoms with van der Waals surface area (Å²) in [5.41, 5.74) is 7.39. The van der Waals surface area contributed by atoms with E-state index in [2.05, 4.69) is 23.8 Å². The third kappa shape index (κ3) is 2.69. The van der Waals surface area contributed by atoms with E-state index in [0.29, 0.717) is 11.7 Å². The molecule has 94 valence electrons. The maximum absolute atomic E-state index is 13.0. The Morgan fingerprint density at radius 2 is 2.12 bits per heavy atom. The van der Waals surface area contributed by atoms with Crippen molar-refractivity contribution in [2.45, 2.75) is 19.4 Å². The third-order valence-electron chi connectivity index (χ3n) is 3.35. The minimum atomic E-state index is -0.272. The number of halogens is 1. The molecular formula is C13H20FN3. The Kier molecular flexibility index (Phi) is 3.52. The van der Waals surface area contributed by atoms with Gasteiger partial charge in [0.25, 0.3) is 0 Å². The lowest BCUT2D eigenvalue weighted by Crippen LogP contribution is -2.38. The minimum absolute atomic E-state index is 0.272. The Bertz CT molecular complexity index is 394. The number of hydrogen-bond donors (Lipinski definition) is 1. The summed E-state index contributed by atoms with van der Waals surface area (Å²) in [5.74, 6) is -0.272. The average molecular weight is 237 g/mol. The summed E-state index contributed by atoms with van der Waals surface area (Å²) in [4.78, 5) is 4.60. The predicted molar refractivity (Wildman–Crippen MR) is 69.7 cm³/mol. The third-order valence-corrected chi connectivity index (χ3v) is 3.35. The van der Waals surface area contributed by atoms with Crippen LogP contribution in [0, 0.1) is 5.82 Å². The maximum Gasteiger partial charge on any atom is 0.125 e. The SMILES string of the molecule is CC1CN(C)CCCN1c1ccc(F)cc1N. The van der Waals surface area contributed by atoms with Crippen LogP contribution in [0.1, 0.15) is 13.3 Å². The van der Waals surface area contributed by atoms with Crippen molar-refractivity contribution in [1.82, 2.24) is 4.90 Å². The molecule has 4 heteroatoms. The molecular weight excluding hydrogens is 217 g/mol. The van der Waals surface area contributed by atoms with Gasteiger partial charge in [0.2, 0.25) is 0 Å². The Balaban J connectivity index is 2.25. The molecule has 1 fully saturated rings. The highest BCUT2D eigenvalue weighted by Gasteiger charge is 2.21. The van der Waals surface area contributed by atoms with Crippen molar-refractivity contribution in [1.29, 1.82) is 0 Å². The second kappa shape index (κ2) is 4.92. The second-order valence-electron chi connectivity index (χ2n) is 4.86. The fraction of sp³-hybridized carbons (Fsp3) is 0.538. The van der Waals surface area contributed by atoms with Gasteiger partial charge in [0.05, 0.1) is 11.4 Å². The quantitative estimate of drug-likeness (QED) is 0.758. The lowest BCUT2D eigenvalue weighted by Gasteiger charge is -2.31. The van der Waals surface area contributed by atoms with Crippen LogP contribution in [-0.2, 0) is 0 Å². The molecule has 2 rings (SSSR count). The van der Waals surface area contributed by atoms with Gasteiger partial charge in [-0.1, -0.05) is 0 Å². The van der Waals surface area contributed by atoms with E-state index < -0.39 is 0 Å². The van der Waals surface area contributed by atoms with Crippen molar-refractivity contribution in [3.05, 3.63) is 24.0 Å². The highest BCUT2D eigenvalue weighted by Crippen LogP contribution is 2.27. The predicted octanol–water partition coefficient (Wildman–Crippen LogP) is 1.94. The zero-order valence-electron chi connectivity index (χ0n) is 10.5. The maximum atomic E-state index is 13.0. The van der Waals surface area contributed by atoms with Crippen LogP contribution in [-0.4, -0.2) is 37.6 Å². The van der Waals surface area contributed by atoms with Gasteiger partial charge in [0, 0.05) is 19.1 Å². The molecule has 0 spiro atoms. The van der Waals surface area contributed by atoms with Gasteiger partial charge in [-0.3, -0.25) is 0 Å². The largest absolute Gasteiger partial charge is 0.397 e. The molecule has 0 aromatic heterocycles. The van der Waals surface area contributed by atoms with E-state index in [1.165, 1.54) is 12.1 Å². The van der Waals surface area contributed by atoms with Gasteiger partial charge in [-0.15, -0.1) is 0 Å². The minimum Gasteiger partial charge on any atom is -0.397 e. The number of hydrogen-bond acceptors (Lipinski definition) is 3. The first-order valence-electron chi connectivity index (χ1n) is 6.08. The van der Waals surface area contributed by atoms with Gasteiger partial charge in [0.15, 0.2) is 0 Å². The highest BCUT2D eigenvalue weighted by atomic mass is 19.1. The molecule has 1 atom stereocenters. The Labute approximate surface area is 102 Å². The van der Waals surface area contributed by atoms with Gasteiger partial charge >= 0.3 is 0 Å². The normalized spacial score (nSPS) is 22.5. The first-order chi connectivity index (χ1) is 8.08. The van der Waals surface area contributed by atoms with Crippen molar-refractivity contribution in [2.75, 3.05) is 37.3 Å². The molecule has 1 unspecified atom stereocenters. The van der Waals surface area contributed by atoms with Crippen LogP contribution >= 0.6 is 0 Å². The van der Waals surface area contributed by atoms with Crippen molar-refractivity contribution in [2.24, 2.45) is 0 Å². The molecule has 1 aliphatic heterocycles. The molecule has 1 heterocycles. The van der Waals surface area contributed by atoms with Gasteiger partial charge < -0.3 is 15.5 Å². The van der Waals surface area contributed by atoms with Crippen molar-refractivity contribution < 1.29 is 4.39 Å². The molecule has 3 nitrogen and oxygen atoms in total. The van der Waals surface area contributed by atoms with Crippen LogP contribution < -0.4 is 10.6 Å². The number of benzene rings is 1. The summed E-state index contributed by atoms with van der Waals surface area (Å²) in [5, 5.41) is 0. The number of nitrogen functional groups attached to an aromatic ring is 1. The standard InChI is InChI=1S/C13H20FN3/c1-10-9-16(2)6-3-7-17(10)13-5-4-11(14)8-12(13)15/h4-5,8,10H,3,6-7,9,15H2,1-2H3. The molecule has 1 aliphatic rings. The van der Waals surface area contributed by atoms with Gasteiger partial charge in [0.1, 0.15) is 5.82 Å². The molecule has 0 bridgehead atoms. The summed E-state index contributed by atoms with van der Waals surface area (Å²) >= 11 is 0. The van der Waals surface area contributed by atoms with Crippen LogP contribution in [0.2, 0.25) is 0 Å². The van der Waals surface area contributed by atoms with E-state index >= 15 is 0 Å². The van der Waals surface area contributed by atoms with E-state index in [1.54, 1.807) is 6.07 Å². The zero-order valence-corrected chi connectivity index (χ0v) is 10.5. The number of likely N-dealkylation sites (N-methyl/N-ethyl adjacent to an activating group) is 1. The molecule has 0 amide bonds. The van der Waals surface area contributed by atoms with Crippen LogP contribution in [0.25, 0.3) is 0 Å². The summed E-state index contributed by atoms with van der Waals surface area (Å²) in [6, 6.07) is 5.06. The monoisotopic (exact) mass is 237 g/mol. The number of nitrogens with zero attached hydrogens (tertiary/aromatic N) is 2. The Morgan fingerprint density at radius 3 is 2.82 bits per heavy atom.